The van der Waals surface area contributed by atoms with Crippen molar-refractivity contribution in [2.75, 3.05) is 45.3 Å². The van der Waals surface area contributed by atoms with Crippen molar-refractivity contribution in [3.05, 3.63) is 41.3 Å². The van der Waals surface area contributed by atoms with Crippen molar-refractivity contribution in [1.29, 1.82) is 0 Å². The van der Waals surface area contributed by atoms with Crippen LogP contribution in [0.1, 0.15) is 25.7 Å². The van der Waals surface area contributed by atoms with Crippen LogP contribution in [-0.4, -0.2) is 78.4 Å². The van der Waals surface area contributed by atoms with E-state index in [4.69, 9.17) is 26.1 Å². The normalized spacial score (nSPS) is 23.3. The lowest BCUT2D eigenvalue weighted by Crippen LogP contribution is -2.51. The Balaban J connectivity index is 1.36. The molecule has 0 aliphatic carbocycles. The van der Waals surface area contributed by atoms with Gasteiger partial charge in [-0.05, 0) is 63.5 Å². The summed E-state index contributed by atoms with van der Waals surface area (Å²) in [4.78, 5) is 17.2. The number of aromatic nitrogens is 3. The Morgan fingerprint density at radius 2 is 1.92 bits per heavy atom. The fourth-order valence-electron chi connectivity index (χ4n) is 6.48. The summed E-state index contributed by atoms with van der Waals surface area (Å²) >= 11 is 6.85. The lowest BCUT2D eigenvalue weighted by Gasteiger charge is -2.34. The maximum Gasteiger partial charge on any atom is 0.319 e. The molecule has 2 aromatic carbocycles. The van der Waals surface area contributed by atoms with Gasteiger partial charge in [0.2, 0.25) is 0 Å². The molecule has 3 fully saturated rings. The highest BCUT2D eigenvalue weighted by Gasteiger charge is 2.34. The molecule has 8 nitrogen and oxygen atoms in total. The number of likely N-dealkylation sites (N-methyl/N-ethyl adjacent to an activating group) is 1. The van der Waals surface area contributed by atoms with E-state index in [2.05, 4.69) is 32.1 Å². The molecule has 7 rings (SSSR count). The predicted molar refractivity (Wildman–Crippen MR) is 152 cm³/mol. The molecule has 0 radical (unpaired) electrons. The monoisotopic (exact) mass is 550 g/mol. The molecular formula is C29H32ClFN6O2. The highest BCUT2D eigenvalue weighted by molar-refractivity contribution is 6.35. The molecule has 3 aliphatic heterocycles. The fraction of sp³-hybridized carbons (Fsp3) is 0.448. The van der Waals surface area contributed by atoms with E-state index < -0.39 is 5.82 Å². The molecule has 3 aliphatic rings. The summed E-state index contributed by atoms with van der Waals surface area (Å²) in [6.45, 7) is 3.12. The Hall–Kier alpha value is -3.14. The molecule has 0 unspecified atom stereocenters. The molecule has 3 saturated heterocycles. The molecular weight excluding hydrogens is 519 g/mol. The van der Waals surface area contributed by atoms with Gasteiger partial charge >= 0.3 is 6.01 Å². The van der Waals surface area contributed by atoms with E-state index in [0.29, 0.717) is 57.8 Å². The fourth-order valence-corrected chi connectivity index (χ4v) is 6.77. The molecule has 0 saturated carbocycles. The number of hydrogen-bond donors (Lipinski definition) is 2. The Morgan fingerprint density at radius 3 is 2.67 bits per heavy atom. The third-order valence-corrected chi connectivity index (χ3v) is 8.89. The van der Waals surface area contributed by atoms with Gasteiger partial charge in [0.15, 0.2) is 5.82 Å². The number of anilines is 1. The van der Waals surface area contributed by atoms with Crippen molar-refractivity contribution in [3.63, 3.8) is 0 Å². The maximum absolute atomic E-state index is 16.6. The number of likely N-dealkylation sites (tertiary alicyclic amines) is 1. The predicted octanol–water partition coefficient (Wildman–Crippen LogP) is 4.99. The lowest BCUT2D eigenvalue weighted by molar-refractivity contribution is 0.188. The zero-order valence-electron chi connectivity index (χ0n) is 22.1. The molecule has 0 amide bonds. The molecule has 2 aromatic heterocycles. The molecule has 3 atom stereocenters. The Bertz CT molecular complexity index is 1550. The van der Waals surface area contributed by atoms with Crippen LogP contribution in [0.15, 0.2) is 30.5 Å². The third-order valence-electron chi connectivity index (χ3n) is 8.59. The summed E-state index contributed by atoms with van der Waals surface area (Å²) in [7, 11) is 3.72. The van der Waals surface area contributed by atoms with E-state index >= 15 is 4.39 Å². The van der Waals surface area contributed by atoms with Gasteiger partial charge in [-0.3, -0.25) is 0 Å². The highest BCUT2D eigenvalue weighted by atomic mass is 35.5. The molecule has 4 aromatic rings. The van der Waals surface area contributed by atoms with Gasteiger partial charge in [0, 0.05) is 64.8 Å². The standard InChI is InChI=1S/C29H32ClFN6O2/c1-36-9-3-4-18(36)15-39-29-34-27-21(28(35-29)37-13-16-5-6-17(14-37)33-16)11-23(30)25(26(27)31)22-12-32-24-8-7-19(38-2)10-20(22)24/h7-8,10-12,16-18,32-33H,3-6,9,13-15H2,1-2H3/t16-,17+,18-/m0/s1. The van der Waals surface area contributed by atoms with Gasteiger partial charge in [0.25, 0.3) is 0 Å². The molecule has 2 bridgehead atoms. The van der Waals surface area contributed by atoms with Gasteiger partial charge in [-0.25, -0.2) is 4.39 Å². The summed E-state index contributed by atoms with van der Waals surface area (Å²) in [6.07, 6.45) is 6.25. The topological polar surface area (TPSA) is 78.5 Å². The summed E-state index contributed by atoms with van der Waals surface area (Å²) in [6, 6.07) is 8.77. The lowest BCUT2D eigenvalue weighted by atomic mass is 10.0. The number of benzene rings is 2. The number of methoxy groups -OCH3 is 1. The van der Waals surface area contributed by atoms with Gasteiger partial charge in [-0.15, -0.1) is 0 Å². The molecule has 10 heteroatoms. The number of piperazine rings is 1. The first kappa shape index (κ1) is 24.9. The van der Waals surface area contributed by atoms with Crippen LogP contribution in [0.3, 0.4) is 0 Å². The van der Waals surface area contributed by atoms with Crippen molar-refractivity contribution in [2.45, 2.75) is 43.8 Å². The molecule has 5 heterocycles. The van der Waals surface area contributed by atoms with Gasteiger partial charge in [-0.2, -0.15) is 9.97 Å². The first-order valence-corrected chi connectivity index (χ1v) is 14.1. The van der Waals surface area contributed by atoms with Crippen LogP contribution in [0, 0.1) is 5.82 Å². The minimum Gasteiger partial charge on any atom is -0.497 e. The number of nitrogens with one attached hydrogen (secondary N) is 2. The number of H-pyrrole nitrogens is 1. The van der Waals surface area contributed by atoms with Crippen LogP contribution in [0.4, 0.5) is 10.2 Å². The van der Waals surface area contributed by atoms with Gasteiger partial charge < -0.3 is 29.6 Å². The minimum absolute atomic E-state index is 0.205. The number of nitrogens with zero attached hydrogens (tertiary/aromatic N) is 4. The van der Waals surface area contributed by atoms with Crippen LogP contribution in [0.5, 0.6) is 11.8 Å². The van der Waals surface area contributed by atoms with Gasteiger partial charge in [-0.1, -0.05) is 11.6 Å². The Morgan fingerprint density at radius 1 is 1.10 bits per heavy atom. The van der Waals surface area contributed by atoms with E-state index in [1.54, 1.807) is 13.3 Å². The van der Waals surface area contributed by atoms with Crippen LogP contribution in [0.25, 0.3) is 32.9 Å². The van der Waals surface area contributed by atoms with Crippen molar-refractivity contribution in [1.82, 2.24) is 25.2 Å². The van der Waals surface area contributed by atoms with E-state index in [-0.39, 0.29) is 11.5 Å². The van der Waals surface area contributed by atoms with Gasteiger partial charge in [0.1, 0.15) is 23.7 Å². The summed E-state index contributed by atoms with van der Waals surface area (Å²) < 4.78 is 28.2. The summed E-state index contributed by atoms with van der Waals surface area (Å²) in [5, 5.41) is 5.40. The van der Waals surface area contributed by atoms with Crippen molar-refractivity contribution in [3.8, 4) is 22.9 Å². The Labute approximate surface area is 231 Å². The number of aromatic amines is 1. The molecule has 0 spiro atoms. The zero-order chi connectivity index (χ0) is 26.7. The second kappa shape index (κ2) is 9.80. The first-order chi connectivity index (χ1) is 19.0. The molecule has 204 valence electrons. The second-order valence-electron chi connectivity index (χ2n) is 11.0. The van der Waals surface area contributed by atoms with Crippen molar-refractivity contribution >= 4 is 39.2 Å². The number of rotatable bonds is 6. The zero-order valence-corrected chi connectivity index (χ0v) is 22.9. The van der Waals surface area contributed by atoms with Gasteiger partial charge in [0.05, 0.1) is 12.1 Å². The van der Waals surface area contributed by atoms with E-state index in [1.807, 2.05) is 24.3 Å². The number of ether oxygens (including phenoxy) is 2. The second-order valence-corrected chi connectivity index (χ2v) is 11.4. The van der Waals surface area contributed by atoms with Crippen LogP contribution >= 0.6 is 11.6 Å². The van der Waals surface area contributed by atoms with Crippen molar-refractivity contribution in [2.24, 2.45) is 0 Å². The average Bonchev–Trinajstić information content (AvgIpc) is 3.65. The number of fused-ring (bicyclic) bond motifs is 4. The largest absolute Gasteiger partial charge is 0.497 e. The van der Waals surface area contributed by atoms with Crippen LogP contribution in [0.2, 0.25) is 5.02 Å². The van der Waals surface area contributed by atoms with Crippen molar-refractivity contribution < 1.29 is 13.9 Å². The smallest absolute Gasteiger partial charge is 0.319 e. The first-order valence-electron chi connectivity index (χ1n) is 13.7. The SMILES string of the molecule is COc1ccc2[nH]cc(-c3c(Cl)cc4c(N5C[C@H]6CC[C@@H](C5)N6)nc(OC[C@@H]5CCCN5C)nc4c3F)c2c1. The maximum atomic E-state index is 16.6. The van der Waals surface area contributed by atoms with E-state index in [1.165, 1.54) is 0 Å². The quantitative estimate of drug-likeness (QED) is 0.350. The average molecular weight is 551 g/mol. The molecule has 2 N–H and O–H groups in total. The minimum atomic E-state index is -0.481. The Kier molecular flexibility index (Phi) is 6.25. The third kappa shape index (κ3) is 4.37. The van der Waals surface area contributed by atoms with E-state index in [0.717, 1.165) is 56.2 Å². The number of halogens is 2. The van der Waals surface area contributed by atoms with E-state index in [9.17, 15) is 0 Å². The highest BCUT2D eigenvalue weighted by Crippen LogP contribution is 2.42. The summed E-state index contributed by atoms with van der Waals surface area (Å²) in [5.41, 5.74) is 2.04. The summed E-state index contributed by atoms with van der Waals surface area (Å²) in [5.74, 6) is 0.887. The van der Waals surface area contributed by atoms with Crippen LogP contribution < -0.4 is 19.7 Å². The van der Waals surface area contributed by atoms with Crippen LogP contribution in [-0.2, 0) is 0 Å². The molecule has 39 heavy (non-hydrogen) atoms. The number of hydrogen-bond acceptors (Lipinski definition) is 7.